The maximum atomic E-state index is 11.4. The molecule has 0 radical (unpaired) electrons. The van der Waals surface area contributed by atoms with E-state index in [1.807, 2.05) is 24.3 Å². The minimum absolute atomic E-state index is 0.268. The van der Waals surface area contributed by atoms with Crippen LogP contribution >= 0.6 is 11.6 Å². The first-order chi connectivity index (χ1) is 10.5. The molecule has 1 aliphatic rings. The van der Waals surface area contributed by atoms with Crippen molar-refractivity contribution in [3.8, 4) is 0 Å². The number of halogens is 1. The van der Waals surface area contributed by atoms with Crippen molar-refractivity contribution in [2.24, 2.45) is 0 Å². The van der Waals surface area contributed by atoms with Gasteiger partial charge in [0.25, 0.3) is 0 Å². The molecule has 1 fully saturated rings. The number of benzene rings is 1. The van der Waals surface area contributed by atoms with Gasteiger partial charge in [0.2, 0.25) is 0 Å². The molecule has 0 unspecified atom stereocenters. The molecule has 5 nitrogen and oxygen atoms in total. The van der Waals surface area contributed by atoms with E-state index in [4.69, 9.17) is 11.6 Å². The summed E-state index contributed by atoms with van der Waals surface area (Å²) in [4.78, 5) is 6.49. The van der Waals surface area contributed by atoms with Crippen molar-refractivity contribution in [3.05, 3.63) is 35.5 Å². The van der Waals surface area contributed by atoms with Gasteiger partial charge in [0.15, 0.2) is 9.84 Å². The summed E-state index contributed by atoms with van der Waals surface area (Å²) in [7, 11) is -2.81. The zero-order valence-corrected chi connectivity index (χ0v) is 13.7. The van der Waals surface area contributed by atoms with Crippen LogP contribution < -0.4 is 5.32 Å². The quantitative estimate of drug-likeness (QED) is 0.923. The highest BCUT2D eigenvalue weighted by Crippen LogP contribution is 2.24. The molecule has 1 aromatic carbocycles. The van der Waals surface area contributed by atoms with E-state index in [0.717, 1.165) is 29.7 Å². The third kappa shape index (κ3) is 3.69. The smallest absolute Gasteiger partial charge is 0.152 e. The van der Waals surface area contributed by atoms with Crippen LogP contribution in [0.5, 0.6) is 0 Å². The molecule has 0 saturated carbocycles. The zero-order chi connectivity index (χ0) is 15.6. The summed E-state index contributed by atoms with van der Waals surface area (Å²) in [6.07, 6.45) is 1.76. The van der Waals surface area contributed by atoms with Crippen LogP contribution in [-0.2, 0) is 9.84 Å². The molecule has 2 aromatic rings. The van der Waals surface area contributed by atoms with Crippen LogP contribution in [-0.4, -0.2) is 56.0 Å². The minimum Gasteiger partial charge on any atom is -0.383 e. The average molecular weight is 340 g/mol. The highest BCUT2D eigenvalue weighted by molar-refractivity contribution is 7.91. The molecule has 22 heavy (non-hydrogen) atoms. The van der Waals surface area contributed by atoms with Crippen molar-refractivity contribution in [1.29, 1.82) is 0 Å². The highest BCUT2D eigenvalue weighted by atomic mass is 35.5. The molecular weight excluding hydrogens is 322 g/mol. The van der Waals surface area contributed by atoms with Gasteiger partial charge in [-0.1, -0.05) is 11.6 Å². The number of pyridine rings is 1. The van der Waals surface area contributed by atoms with Crippen LogP contribution in [0.4, 0.5) is 5.69 Å². The Bertz CT molecular complexity index is 765. The van der Waals surface area contributed by atoms with Crippen LogP contribution in [0.2, 0.25) is 5.02 Å². The van der Waals surface area contributed by atoms with E-state index in [1.54, 1.807) is 6.20 Å². The fraction of sp³-hybridized carbons (Fsp3) is 0.400. The summed E-state index contributed by atoms with van der Waals surface area (Å²) in [6.45, 7) is 2.84. The van der Waals surface area contributed by atoms with Gasteiger partial charge < -0.3 is 5.32 Å². The van der Waals surface area contributed by atoms with E-state index >= 15 is 0 Å². The van der Waals surface area contributed by atoms with Crippen LogP contribution in [0.25, 0.3) is 10.9 Å². The number of nitrogens with one attached hydrogen (secondary N) is 1. The molecule has 118 valence electrons. The number of sulfone groups is 1. The summed E-state index contributed by atoms with van der Waals surface area (Å²) in [5, 5.41) is 5.11. The fourth-order valence-corrected chi connectivity index (χ4v) is 4.04. The minimum atomic E-state index is -2.81. The first kappa shape index (κ1) is 15.5. The van der Waals surface area contributed by atoms with E-state index in [2.05, 4.69) is 15.2 Å². The van der Waals surface area contributed by atoms with Crippen molar-refractivity contribution < 1.29 is 8.42 Å². The lowest BCUT2D eigenvalue weighted by atomic mass is 10.2. The largest absolute Gasteiger partial charge is 0.383 e. The topological polar surface area (TPSA) is 62.3 Å². The average Bonchev–Trinajstić information content (AvgIpc) is 2.49. The molecule has 0 bridgehead atoms. The Balaban J connectivity index is 1.60. The number of aromatic nitrogens is 1. The van der Waals surface area contributed by atoms with Crippen LogP contribution in [0.15, 0.2) is 30.5 Å². The Morgan fingerprint density at radius 2 is 2.00 bits per heavy atom. The monoisotopic (exact) mass is 339 g/mol. The van der Waals surface area contributed by atoms with Crippen molar-refractivity contribution in [1.82, 2.24) is 9.88 Å². The van der Waals surface area contributed by atoms with Gasteiger partial charge in [-0.2, -0.15) is 0 Å². The fourth-order valence-electron chi connectivity index (χ4n) is 2.60. The van der Waals surface area contributed by atoms with Crippen molar-refractivity contribution in [2.45, 2.75) is 0 Å². The van der Waals surface area contributed by atoms with E-state index < -0.39 is 9.84 Å². The second-order valence-corrected chi connectivity index (χ2v) is 8.18. The van der Waals surface area contributed by atoms with Gasteiger partial charge in [0.05, 0.1) is 17.0 Å². The summed E-state index contributed by atoms with van der Waals surface area (Å²) in [6, 6.07) is 7.60. The number of hydrogen-bond acceptors (Lipinski definition) is 5. The van der Waals surface area contributed by atoms with Gasteiger partial charge in [-0.15, -0.1) is 0 Å². The lowest BCUT2D eigenvalue weighted by Gasteiger charge is -2.26. The molecule has 3 rings (SSSR count). The molecule has 0 spiro atoms. The molecule has 0 amide bonds. The summed E-state index contributed by atoms with van der Waals surface area (Å²) >= 11 is 5.98. The number of anilines is 1. The lowest BCUT2D eigenvalue weighted by Crippen LogP contribution is -2.42. The first-order valence-electron chi connectivity index (χ1n) is 7.24. The van der Waals surface area contributed by atoms with Crippen molar-refractivity contribution >= 4 is 38.0 Å². The zero-order valence-electron chi connectivity index (χ0n) is 12.1. The normalized spacial score (nSPS) is 18.4. The lowest BCUT2D eigenvalue weighted by molar-refractivity contribution is 0.307. The predicted octanol–water partition coefficient (Wildman–Crippen LogP) is 2.03. The number of hydrogen-bond donors (Lipinski definition) is 1. The Labute approximate surface area is 135 Å². The van der Waals surface area contributed by atoms with Gasteiger partial charge >= 0.3 is 0 Å². The Kier molecular flexibility index (Phi) is 4.52. The molecule has 1 aliphatic heterocycles. The third-order valence-corrected chi connectivity index (χ3v) is 5.73. The van der Waals surface area contributed by atoms with E-state index in [9.17, 15) is 8.42 Å². The maximum Gasteiger partial charge on any atom is 0.152 e. The second-order valence-electron chi connectivity index (χ2n) is 5.44. The van der Waals surface area contributed by atoms with Crippen LogP contribution in [0.3, 0.4) is 0 Å². The predicted molar refractivity (Wildman–Crippen MR) is 90.3 cm³/mol. The molecular formula is C15H18ClN3O2S. The van der Waals surface area contributed by atoms with Gasteiger partial charge in [-0.25, -0.2) is 8.42 Å². The summed E-state index contributed by atoms with van der Waals surface area (Å²) < 4.78 is 22.8. The second kappa shape index (κ2) is 6.40. The molecule has 0 atom stereocenters. The van der Waals surface area contributed by atoms with Gasteiger partial charge in [-0.05, 0) is 24.3 Å². The van der Waals surface area contributed by atoms with Crippen LogP contribution in [0.1, 0.15) is 0 Å². The standard InChI is InChI=1S/C15H18ClN3O2S/c16-12-1-2-13-14(3-4-17-15(13)11-12)18-5-6-19-7-9-22(20,21)10-8-19/h1-4,11H,5-10H2,(H,17,18). The molecule has 1 saturated heterocycles. The Morgan fingerprint density at radius 1 is 1.23 bits per heavy atom. The SMILES string of the molecule is O=S1(=O)CCN(CCNc2ccnc3cc(Cl)ccc23)CC1. The van der Waals surface area contributed by atoms with Gasteiger partial charge in [0, 0.05) is 48.5 Å². The summed E-state index contributed by atoms with van der Waals surface area (Å²) in [5.41, 5.74) is 1.88. The highest BCUT2D eigenvalue weighted by Gasteiger charge is 2.20. The summed E-state index contributed by atoms with van der Waals surface area (Å²) in [5.74, 6) is 0.535. The molecule has 1 N–H and O–H groups in total. The first-order valence-corrected chi connectivity index (χ1v) is 9.44. The molecule has 1 aromatic heterocycles. The van der Waals surface area contributed by atoms with Crippen LogP contribution in [0, 0.1) is 0 Å². The third-order valence-electron chi connectivity index (χ3n) is 3.89. The van der Waals surface area contributed by atoms with E-state index in [-0.39, 0.29) is 11.5 Å². The number of nitrogens with zero attached hydrogens (tertiary/aromatic N) is 2. The molecule has 7 heteroatoms. The van der Waals surface area contributed by atoms with E-state index in [1.165, 1.54) is 0 Å². The van der Waals surface area contributed by atoms with Gasteiger partial charge in [0.1, 0.15) is 0 Å². The van der Waals surface area contributed by atoms with Gasteiger partial charge in [-0.3, -0.25) is 9.88 Å². The Hall–Kier alpha value is -1.37. The number of fused-ring (bicyclic) bond motifs is 1. The number of rotatable bonds is 4. The Morgan fingerprint density at radius 3 is 2.77 bits per heavy atom. The molecule has 0 aliphatic carbocycles. The maximum absolute atomic E-state index is 11.4. The van der Waals surface area contributed by atoms with Crippen molar-refractivity contribution in [2.75, 3.05) is 43.0 Å². The van der Waals surface area contributed by atoms with E-state index in [0.29, 0.717) is 18.1 Å². The molecule has 2 heterocycles. The van der Waals surface area contributed by atoms with Crippen molar-refractivity contribution in [3.63, 3.8) is 0 Å².